The van der Waals surface area contributed by atoms with E-state index in [1.54, 1.807) is 0 Å². The lowest BCUT2D eigenvalue weighted by Gasteiger charge is -2.18. The van der Waals surface area contributed by atoms with E-state index in [-0.39, 0.29) is 11.7 Å². The number of rotatable bonds is 6. The lowest BCUT2D eigenvalue weighted by atomic mass is 9.95. The number of hydrogen-bond donors (Lipinski definition) is 1. The zero-order valence-electron chi connectivity index (χ0n) is 9.65. The maximum absolute atomic E-state index is 11.7. The molecule has 2 atom stereocenters. The van der Waals surface area contributed by atoms with E-state index < -0.39 is 10.0 Å². The first-order valence-electron chi connectivity index (χ1n) is 5.72. The van der Waals surface area contributed by atoms with Crippen LogP contribution in [0, 0.1) is 11.8 Å². The van der Waals surface area contributed by atoms with Gasteiger partial charge in [-0.1, -0.05) is 19.1 Å². The van der Waals surface area contributed by atoms with Gasteiger partial charge in [-0.3, -0.25) is 0 Å². The van der Waals surface area contributed by atoms with Crippen LogP contribution in [-0.2, 0) is 10.0 Å². The molecular formula is C11H20ClNO2S. The second kappa shape index (κ2) is 6.62. The van der Waals surface area contributed by atoms with Crippen LogP contribution in [0.3, 0.4) is 0 Å². The van der Waals surface area contributed by atoms with E-state index in [0.29, 0.717) is 18.3 Å². The normalized spacial score (nSPS) is 23.2. The van der Waals surface area contributed by atoms with Crippen molar-refractivity contribution in [2.45, 2.75) is 26.2 Å². The van der Waals surface area contributed by atoms with Crippen molar-refractivity contribution in [2.75, 3.05) is 18.2 Å². The average Bonchev–Trinajstić information content (AvgIpc) is 2.27. The summed E-state index contributed by atoms with van der Waals surface area (Å²) in [6.07, 6.45) is 7.40. The van der Waals surface area contributed by atoms with Crippen LogP contribution >= 0.6 is 11.6 Å². The molecule has 0 aromatic carbocycles. The SMILES string of the molecule is CC(CCl)CS(=O)(=O)NCC1CC=CCC1. The minimum Gasteiger partial charge on any atom is -0.215 e. The van der Waals surface area contributed by atoms with Crippen LogP contribution in [0.5, 0.6) is 0 Å². The Labute approximate surface area is 103 Å². The van der Waals surface area contributed by atoms with Gasteiger partial charge in [-0.05, 0) is 31.1 Å². The highest BCUT2D eigenvalue weighted by Gasteiger charge is 2.17. The smallest absolute Gasteiger partial charge is 0.211 e. The Kier molecular flexibility index (Phi) is 5.79. The van der Waals surface area contributed by atoms with Gasteiger partial charge in [0.15, 0.2) is 0 Å². The van der Waals surface area contributed by atoms with Gasteiger partial charge in [-0.15, -0.1) is 11.6 Å². The van der Waals surface area contributed by atoms with E-state index in [1.807, 2.05) is 6.92 Å². The highest BCUT2D eigenvalue weighted by atomic mass is 35.5. The zero-order chi connectivity index (χ0) is 12.0. The van der Waals surface area contributed by atoms with Crippen molar-refractivity contribution < 1.29 is 8.42 Å². The van der Waals surface area contributed by atoms with Crippen molar-refractivity contribution in [1.29, 1.82) is 0 Å². The van der Waals surface area contributed by atoms with Crippen molar-refractivity contribution in [3.05, 3.63) is 12.2 Å². The molecule has 0 bridgehead atoms. The van der Waals surface area contributed by atoms with Gasteiger partial charge in [-0.25, -0.2) is 13.1 Å². The highest BCUT2D eigenvalue weighted by molar-refractivity contribution is 7.89. The molecule has 1 rings (SSSR count). The molecule has 0 aromatic rings. The predicted octanol–water partition coefficient (Wildman–Crippen LogP) is 2.14. The third-order valence-electron chi connectivity index (χ3n) is 2.74. The number of hydrogen-bond acceptors (Lipinski definition) is 2. The van der Waals surface area contributed by atoms with Crippen LogP contribution in [0.4, 0.5) is 0 Å². The molecule has 1 N–H and O–H groups in total. The molecule has 0 radical (unpaired) electrons. The summed E-state index contributed by atoms with van der Waals surface area (Å²) in [6, 6.07) is 0. The molecule has 16 heavy (non-hydrogen) atoms. The first-order valence-corrected chi connectivity index (χ1v) is 7.90. The average molecular weight is 266 g/mol. The summed E-state index contributed by atoms with van der Waals surface area (Å²) in [7, 11) is -3.15. The predicted molar refractivity (Wildman–Crippen MR) is 68.2 cm³/mol. The second-order valence-electron chi connectivity index (χ2n) is 4.54. The first-order chi connectivity index (χ1) is 7.53. The summed E-state index contributed by atoms with van der Waals surface area (Å²) < 4.78 is 26.0. The Hall–Kier alpha value is -0.0600. The molecule has 0 heterocycles. The van der Waals surface area contributed by atoms with Gasteiger partial charge >= 0.3 is 0 Å². The van der Waals surface area contributed by atoms with E-state index >= 15 is 0 Å². The molecule has 1 aliphatic carbocycles. The summed E-state index contributed by atoms with van der Waals surface area (Å²) in [4.78, 5) is 0. The zero-order valence-corrected chi connectivity index (χ0v) is 11.2. The van der Waals surface area contributed by atoms with Gasteiger partial charge in [0, 0.05) is 12.4 Å². The summed E-state index contributed by atoms with van der Waals surface area (Å²) in [5.74, 6) is 0.961. The Bertz CT molecular complexity index is 327. The van der Waals surface area contributed by atoms with E-state index in [1.165, 1.54) is 0 Å². The van der Waals surface area contributed by atoms with Crippen LogP contribution < -0.4 is 4.72 Å². The molecule has 94 valence electrons. The number of halogens is 1. The molecule has 0 aromatic heterocycles. The fraction of sp³-hybridized carbons (Fsp3) is 0.818. The highest BCUT2D eigenvalue weighted by Crippen LogP contribution is 2.17. The maximum Gasteiger partial charge on any atom is 0.211 e. The molecular weight excluding hydrogens is 246 g/mol. The van der Waals surface area contributed by atoms with Crippen LogP contribution in [0.1, 0.15) is 26.2 Å². The summed E-state index contributed by atoms with van der Waals surface area (Å²) in [6.45, 7) is 2.40. The van der Waals surface area contributed by atoms with Crippen LogP contribution in [-0.4, -0.2) is 26.6 Å². The fourth-order valence-corrected chi connectivity index (χ4v) is 3.48. The van der Waals surface area contributed by atoms with E-state index in [4.69, 9.17) is 11.6 Å². The first kappa shape index (κ1) is 14.0. The number of nitrogens with one attached hydrogen (secondary N) is 1. The fourth-order valence-electron chi connectivity index (χ4n) is 1.76. The van der Waals surface area contributed by atoms with Gasteiger partial charge in [0.1, 0.15) is 0 Å². The molecule has 0 fully saturated rings. The molecule has 0 spiro atoms. The molecule has 5 heteroatoms. The van der Waals surface area contributed by atoms with Crippen molar-refractivity contribution in [3.63, 3.8) is 0 Å². The van der Waals surface area contributed by atoms with Crippen LogP contribution in [0.25, 0.3) is 0 Å². The van der Waals surface area contributed by atoms with Crippen molar-refractivity contribution >= 4 is 21.6 Å². The van der Waals surface area contributed by atoms with Gasteiger partial charge in [0.05, 0.1) is 5.75 Å². The van der Waals surface area contributed by atoms with Gasteiger partial charge in [-0.2, -0.15) is 0 Å². The van der Waals surface area contributed by atoms with Crippen LogP contribution in [0.2, 0.25) is 0 Å². The largest absolute Gasteiger partial charge is 0.215 e. The third-order valence-corrected chi connectivity index (χ3v) is 4.88. The van der Waals surface area contributed by atoms with Crippen molar-refractivity contribution in [1.82, 2.24) is 4.72 Å². The Morgan fingerprint density at radius 1 is 1.50 bits per heavy atom. The van der Waals surface area contributed by atoms with Crippen molar-refractivity contribution in [3.8, 4) is 0 Å². The number of sulfonamides is 1. The van der Waals surface area contributed by atoms with Gasteiger partial charge < -0.3 is 0 Å². The number of allylic oxidation sites excluding steroid dienone is 2. The lowest BCUT2D eigenvalue weighted by Crippen LogP contribution is -2.33. The van der Waals surface area contributed by atoms with Crippen LogP contribution in [0.15, 0.2) is 12.2 Å². The molecule has 0 saturated carbocycles. The molecule has 2 unspecified atom stereocenters. The monoisotopic (exact) mass is 265 g/mol. The molecule has 1 aliphatic rings. The van der Waals surface area contributed by atoms with E-state index in [2.05, 4.69) is 16.9 Å². The Morgan fingerprint density at radius 3 is 2.81 bits per heavy atom. The summed E-state index contributed by atoms with van der Waals surface area (Å²) in [5, 5.41) is 0. The summed E-state index contributed by atoms with van der Waals surface area (Å²) in [5.41, 5.74) is 0. The maximum atomic E-state index is 11.7. The molecule has 0 saturated heterocycles. The molecule has 0 amide bonds. The minimum atomic E-state index is -3.15. The van der Waals surface area contributed by atoms with Gasteiger partial charge in [0.25, 0.3) is 0 Å². The van der Waals surface area contributed by atoms with E-state index in [9.17, 15) is 8.42 Å². The Balaban J connectivity index is 2.32. The van der Waals surface area contributed by atoms with Gasteiger partial charge in [0.2, 0.25) is 10.0 Å². The Morgan fingerprint density at radius 2 is 2.25 bits per heavy atom. The third kappa shape index (κ3) is 5.32. The molecule has 3 nitrogen and oxygen atoms in total. The number of alkyl halides is 1. The minimum absolute atomic E-state index is 0.00502. The molecule has 0 aliphatic heterocycles. The topological polar surface area (TPSA) is 46.2 Å². The lowest BCUT2D eigenvalue weighted by molar-refractivity contribution is 0.467. The van der Waals surface area contributed by atoms with E-state index in [0.717, 1.165) is 19.3 Å². The second-order valence-corrected chi connectivity index (χ2v) is 6.70. The summed E-state index contributed by atoms with van der Waals surface area (Å²) >= 11 is 5.61. The standard InChI is InChI=1S/C11H20ClNO2S/c1-10(7-12)9-16(14,15)13-8-11-5-3-2-4-6-11/h2-3,10-11,13H,4-9H2,1H3. The van der Waals surface area contributed by atoms with Crippen molar-refractivity contribution in [2.24, 2.45) is 11.8 Å². The quantitative estimate of drug-likeness (QED) is 0.591.